The Morgan fingerprint density at radius 1 is 0.275 bits per heavy atom. The molecule has 0 unspecified atom stereocenters. The fraction of sp³-hybridized carbons (Fsp3) is 0.850. The lowest BCUT2D eigenvalue weighted by Gasteiger charge is -2.09. The molecule has 0 aliphatic carbocycles. The van der Waals surface area contributed by atoms with E-state index in [9.17, 15) is 0 Å². The van der Waals surface area contributed by atoms with Gasteiger partial charge in [0, 0.05) is 6.61 Å². The van der Waals surface area contributed by atoms with Crippen LogP contribution in [0.25, 0.3) is 0 Å². The highest BCUT2D eigenvalue weighted by Crippen LogP contribution is 2.11. The molecule has 1 aromatic rings. The van der Waals surface area contributed by atoms with Gasteiger partial charge in [-0.05, 0) is 12.0 Å². The first-order chi connectivity index (χ1) is 25.4. The van der Waals surface area contributed by atoms with Crippen LogP contribution in [0.2, 0.25) is 0 Å². The normalized spacial score (nSPS) is 11.5. The molecule has 0 fully saturated rings. The van der Waals surface area contributed by atoms with Crippen LogP contribution in [-0.4, -0.2) is 139 Å². The van der Waals surface area contributed by atoms with Crippen LogP contribution in [0, 0.1) is 0 Å². The summed E-state index contributed by atoms with van der Waals surface area (Å²) in [6, 6.07) is 10.1. The molecule has 11 heteroatoms. The summed E-state index contributed by atoms with van der Waals surface area (Å²) in [6.45, 7) is 14.6. The summed E-state index contributed by atoms with van der Waals surface area (Å²) in [5.41, 5.74) is 1.16. The average molecular weight is 731 g/mol. The Labute approximate surface area is 310 Å². The van der Waals surface area contributed by atoms with Gasteiger partial charge < -0.3 is 52.1 Å². The van der Waals surface area contributed by atoms with Crippen molar-refractivity contribution in [3.63, 3.8) is 0 Å². The predicted molar refractivity (Wildman–Crippen MR) is 201 cm³/mol. The molecule has 0 radical (unpaired) electrons. The van der Waals surface area contributed by atoms with Crippen molar-refractivity contribution in [3.05, 3.63) is 35.9 Å². The molecule has 0 aromatic heterocycles. The van der Waals surface area contributed by atoms with Crippen LogP contribution in [0.1, 0.15) is 83.1 Å². The Kier molecular flexibility index (Phi) is 40.5. The zero-order chi connectivity index (χ0) is 36.2. The first kappa shape index (κ1) is 47.8. The standard InChI is InChI=1S/C40H74O11/c1-2-3-4-5-6-7-8-9-10-11-15-18-41-19-20-42-21-22-43-23-24-44-25-26-45-27-28-46-29-30-47-31-32-48-33-34-49-35-36-50-37-38-51-39-40-16-13-12-14-17-40/h12-14,16-17H,2-11,15,18-39H2,1H3. The molecule has 1 aromatic carbocycles. The van der Waals surface area contributed by atoms with Crippen molar-refractivity contribution < 1.29 is 52.1 Å². The van der Waals surface area contributed by atoms with Gasteiger partial charge in [-0.25, -0.2) is 0 Å². The van der Waals surface area contributed by atoms with E-state index in [1.54, 1.807) is 0 Å². The summed E-state index contributed by atoms with van der Waals surface area (Å²) in [6.07, 6.45) is 14.9. The Balaban J connectivity index is 1.60. The molecule has 0 saturated carbocycles. The minimum Gasteiger partial charge on any atom is -0.379 e. The Bertz CT molecular complexity index is 759. The third kappa shape index (κ3) is 39.8. The summed E-state index contributed by atoms with van der Waals surface area (Å²) in [4.78, 5) is 0. The molecule has 0 heterocycles. The molecule has 0 atom stereocenters. The first-order valence-corrected chi connectivity index (χ1v) is 19.8. The topological polar surface area (TPSA) is 102 Å². The summed E-state index contributed by atoms with van der Waals surface area (Å²) in [7, 11) is 0. The molecule has 0 amide bonds. The fourth-order valence-corrected chi connectivity index (χ4v) is 4.83. The van der Waals surface area contributed by atoms with E-state index in [2.05, 4.69) is 6.92 Å². The van der Waals surface area contributed by atoms with E-state index in [0.717, 1.165) is 18.6 Å². The molecule has 0 spiro atoms. The molecule has 0 N–H and O–H groups in total. The van der Waals surface area contributed by atoms with E-state index in [1.807, 2.05) is 30.3 Å². The molecule has 300 valence electrons. The van der Waals surface area contributed by atoms with Gasteiger partial charge in [0.2, 0.25) is 0 Å². The maximum absolute atomic E-state index is 5.66. The van der Waals surface area contributed by atoms with Crippen LogP contribution in [-0.2, 0) is 58.7 Å². The van der Waals surface area contributed by atoms with Crippen molar-refractivity contribution in [1.29, 1.82) is 0 Å². The Hall–Kier alpha value is -1.22. The van der Waals surface area contributed by atoms with Crippen LogP contribution < -0.4 is 0 Å². The quantitative estimate of drug-likeness (QED) is 0.0673. The van der Waals surface area contributed by atoms with Crippen molar-refractivity contribution in [2.45, 2.75) is 84.2 Å². The van der Waals surface area contributed by atoms with Crippen LogP contribution in [0.4, 0.5) is 0 Å². The van der Waals surface area contributed by atoms with E-state index in [-0.39, 0.29) is 0 Å². The summed E-state index contributed by atoms with van der Waals surface area (Å²) >= 11 is 0. The number of benzene rings is 1. The second kappa shape index (κ2) is 43.2. The monoisotopic (exact) mass is 731 g/mol. The molecule has 11 nitrogen and oxygen atoms in total. The molecule has 0 bridgehead atoms. The number of ether oxygens (including phenoxy) is 11. The van der Waals surface area contributed by atoms with E-state index in [1.165, 1.54) is 64.2 Å². The molecular formula is C40H74O11. The van der Waals surface area contributed by atoms with Gasteiger partial charge in [-0.15, -0.1) is 0 Å². The largest absolute Gasteiger partial charge is 0.379 e. The van der Waals surface area contributed by atoms with E-state index in [0.29, 0.717) is 139 Å². The van der Waals surface area contributed by atoms with Crippen molar-refractivity contribution in [1.82, 2.24) is 0 Å². The number of unbranched alkanes of at least 4 members (excludes halogenated alkanes) is 10. The van der Waals surface area contributed by atoms with Crippen LogP contribution >= 0.6 is 0 Å². The number of rotatable bonds is 44. The third-order valence-electron chi connectivity index (χ3n) is 7.72. The Morgan fingerprint density at radius 3 is 0.843 bits per heavy atom. The molecule has 1 rings (SSSR count). The fourth-order valence-electron chi connectivity index (χ4n) is 4.83. The zero-order valence-corrected chi connectivity index (χ0v) is 32.2. The lowest BCUT2D eigenvalue weighted by atomic mass is 10.1. The van der Waals surface area contributed by atoms with Gasteiger partial charge in [-0.3, -0.25) is 0 Å². The van der Waals surface area contributed by atoms with Gasteiger partial charge in [0.05, 0.1) is 139 Å². The number of hydrogen-bond donors (Lipinski definition) is 0. The molecular weight excluding hydrogens is 656 g/mol. The summed E-state index contributed by atoms with van der Waals surface area (Å²) < 4.78 is 60.9. The van der Waals surface area contributed by atoms with E-state index < -0.39 is 0 Å². The number of hydrogen-bond acceptors (Lipinski definition) is 11. The van der Waals surface area contributed by atoms with Gasteiger partial charge in [0.1, 0.15) is 0 Å². The highest BCUT2D eigenvalue weighted by molar-refractivity contribution is 5.13. The maximum Gasteiger partial charge on any atom is 0.0718 e. The van der Waals surface area contributed by atoms with Gasteiger partial charge in [-0.2, -0.15) is 0 Å². The molecule has 0 aliphatic heterocycles. The smallest absolute Gasteiger partial charge is 0.0718 e. The minimum absolute atomic E-state index is 0.521. The van der Waals surface area contributed by atoms with E-state index in [4.69, 9.17) is 52.1 Å². The van der Waals surface area contributed by atoms with Crippen molar-refractivity contribution in [2.24, 2.45) is 0 Å². The summed E-state index contributed by atoms with van der Waals surface area (Å²) in [5, 5.41) is 0. The average Bonchev–Trinajstić information content (AvgIpc) is 3.15. The molecule has 0 aliphatic rings. The Morgan fingerprint density at radius 2 is 0.529 bits per heavy atom. The lowest BCUT2D eigenvalue weighted by molar-refractivity contribution is -0.0277. The van der Waals surface area contributed by atoms with Crippen LogP contribution in [0.3, 0.4) is 0 Å². The van der Waals surface area contributed by atoms with Crippen molar-refractivity contribution in [3.8, 4) is 0 Å². The van der Waals surface area contributed by atoms with Crippen molar-refractivity contribution in [2.75, 3.05) is 139 Å². The third-order valence-corrected chi connectivity index (χ3v) is 7.72. The van der Waals surface area contributed by atoms with E-state index >= 15 is 0 Å². The van der Waals surface area contributed by atoms with Crippen LogP contribution in [0.15, 0.2) is 30.3 Å². The highest BCUT2D eigenvalue weighted by atomic mass is 16.6. The lowest BCUT2D eigenvalue weighted by Crippen LogP contribution is -2.15. The first-order valence-electron chi connectivity index (χ1n) is 19.8. The van der Waals surface area contributed by atoms with Gasteiger partial charge in [0.15, 0.2) is 0 Å². The van der Waals surface area contributed by atoms with Crippen molar-refractivity contribution >= 4 is 0 Å². The second-order valence-electron chi connectivity index (χ2n) is 12.2. The zero-order valence-electron chi connectivity index (χ0n) is 32.2. The highest BCUT2D eigenvalue weighted by Gasteiger charge is 1.98. The van der Waals surface area contributed by atoms with Gasteiger partial charge >= 0.3 is 0 Å². The second-order valence-corrected chi connectivity index (χ2v) is 12.2. The van der Waals surface area contributed by atoms with Gasteiger partial charge in [0.25, 0.3) is 0 Å². The van der Waals surface area contributed by atoms with Gasteiger partial charge in [-0.1, -0.05) is 101 Å². The predicted octanol–water partition coefficient (Wildman–Crippen LogP) is 6.68. The molecule has 0 saturated heterocycles. The SMILES string of the molecule is CCCCCCCCCCCCCOCCOCCOCCOCCOCCOCCOCCOCCOCCOCCOCc1ccccc1. The molecule has 51 heavy (non-hydrogen) atoms. The minimum atomic E-state index is 0.521. The van der Waals surface area contributed by atoms with Crippen LogP contribution in [0.5, 0.6) is 0 Å². The summed E-state index contributed by atoms with van der Waals surface area (Å²) in [5.74, 6) is 0. The maximum atomic E-state index is 5.66.